The van der Waals surface area contributed by atoms with Gasteiger partial charge in [-0.2, -0.15) is 5.10 Å². The number of anilines is 1. The van der Waals surface area contributed by atoms with Crippen molar-refractivity contribution in [3.8, 4) is 0 Å². The summed E-state index contributed by atoms with van der Waals surface area (Å²) < 4.78 is 5.20. The van der Waals surface area contributed by atoms with Crippen molar-refractivity contribution in [3.05, 3.63) is 60.3 Å². The molecule has 1 amide bonds. The van der Waals surface area contributed by atoms with Gasteiger partial charge in [0, 0.05) is 11.1 Å². The number of rotatable bonds is 4. The maximum Gasteiger partial charge on any atom is 0.360 e. The van der Waals surface area contributed by atoms with Crippen LogP contribution in [0.25, 0.3) is 10.9 Å². The Hall–Kier alpha value is -3.15. The average molecular weight is 309 g/mol. The van der Waals surface area contributed by atoms with Gasteiger partial charge in [-0.1, -0.05) is 36.4 Å². The minimum atomic E-state index is -0.932. The third-order valence-corrected chi connectivity index (χ3v) is 3.36. The Morgan fingerprint density at radius 1 is 1.09 bits per heavy atom. The van der Waals surface area contributed by atoms with Crippen LogP contribution in [0.2, 0.25) is 0 Å². The Kier molecular flexibility index (Phi) is 4.05. The summed E-state index contributed by atoms with van der Waals surface area (Å²) in [5, 5.41) is 10.1. The van der Waals surface area contributed by atoms with Gasteiger partial charge in [0.1, 0.15) is 0 Å². The van der Waals surface area contributed by atoms with Crippen molar-refractivity contribution in [2.75, 3.05) is 5.32 Å². The first-order valence-electron chi connectivity index (χ1n) is 7.15. The van der Waals surface area contributed by atoms with Crippen LogP contribution >= 0.6 is 0 Å². The van der Waals surface area contributed by atoms with E-state index in [1.807, 2.05) is 30.3 Å². The third kappa shape index (κ3) is 3.21. The fourth-order valence-corrected chi connectivity index (χ4v) is 2.15. The quantitative estimate of drug-likeness (QED) is 0.726. The van der Waals surface area contributed by atoms with E-state index in [2.05, 4.69) is 15.5 Å². The molecule has 2 aromatic carbocycles. The first kappa shape index (κ1) is 14.8. The van der Waals surface area contributed by atoms with Gasteiger partial charge in [0.2, 0.25) is 0 Å². The molecule has 3 aromatic rings. The summed E-state index contributed by atoms with van der Waals surface area (Å²) in [6.45, 7) is 1.52. The lowest BCUT2D eigenvalue weighted by Crippen LogP contribution is -2.30. The van der Waals surface area contributed by atoms with E-state index >= 15 is 0 Å². The number of hydrogen-bond donors (Lipinski definition) is 2. The van der Waals surface area contributed by atoms with Gasteiger partial charge in [-0.25, -0.2) is 4.79 Å². The van der Waals surface area contributed by atoms with Crippen molar-refractivity contribution in [2.24, 2.45) is 0 Å². The molecule has 0 spiro atoms. The zero-order valence-electron chi connectivity index (χ0n) is 12.4. The Bertz CT molecular complexity index is 842. The molecular weight excluding hydrogens is 294 g/mol. The number of hydrogen-bond acceptors (Lipinski definition) is 4. The van der Waals surface area contributed by atoms with Crippen LogP contribution in [0.15, 0.2) is 54.6 Å². The summed E-state index contributed by atoms with van der Waals surface area (Å²) in [5.74, 6) is -1.04. The first-order valence-corrected chi connectivity index (χ1v) is 7.15. The topological polar surface area (TPSA) is 84.1 Å². The molecule has 0 unspecified atom stereocenters. The fourth-order valence-electron chi connectivity index (χ4n) is 2.15. The first-order chi connectivity index (χ1) is 11.1. The minimum Gasteiger partial charge on any atom is -0.448 e. The summed E-state index contributed by atoms with van der Waals surface area (Å²) in [6.07, 6.45) is -0.932. The molecule has 3 rings (SSSR count). The van der Waals surface area contributed by atoms with E-state index in [-0.39, 0.29) is 5.69 Å². The van der Waals surface area contributed by atoms with E-state index in [4.69, 9.17) is 4.74 Å². The summed E-state index contributed by atoms with van der Waals surface area (Å²) in [6, 6.07) is 16.2. The molecule has 0 aliphatic heterocycles. The molecule has 1 aromatic heterocycles. The number of benzene rings is 2. The van der Waals surface area contributed by atoms with Gasteiger partial charge in [-0.15, -0.1) is 0 Å². The molecule has 6 nitrogen and oxygen atoms in total. The highest BCUT2D eigenvalue weighted by molar-refractivity contribution is 6.03. The summed E-state index contributed by atoms with van der Waals surface area (Å²) in [5.41, 5.74) is 1.55. The van der Waals surface area contributed by atoms with Crippen LogP contribution in [0.1, 0.15) is 17.4 Å². The molecule has 116 valence electrons. The van der Waals surface area contributed by atoms with E-state index < -0.39 is 18.0 Å². The van der Waals surface area contributed by atoms with Gasteiger partial charge in [0.25, 0.3) is 5.91 Å². The number of nitrogens with one attached hydrogen (secondary N) is 2. The second-order valence-electron chi connectivity index (χ2n) is 5.02. The Morgan fingerprint density at radius 3 is 2.57 bits per heavy atom. The molecule has 1 atom stereocenters. The molecule has 2 N–H and O–H groups in total. The molecule has 0 aliphatic rings. The number of aromatic amines is 1. The number of carbonyl (C=O) groups excluding carboxylic acids is 2. The highest BCUT2D eigenvalue weighted by Crippen LogP contribution is 2.16. The lowest BCUT2D eigenvalue weighted by molar-refractivity contribution is -0.123. The zero-order valence-corrected chi connectivity index (χ0v) is 12.4. The summed E-state index contributed by atoms with van der Waals surface area (Å²) in [7, 11) is 0. The monoisotopic (exact) mass is 309 g/mol. The van der Waals surface area contributed by atoms with Crippen molar-refractivity contribution in [1.82, 2.24) is 10.2 Å². The molecule has 0 fully saturated rings. The van der Waals surface area contributed by atoms with Crippen molar-refractivity contribution in [3.63, 3.8) is 0 Å². The van der Waals surface area contributed by atoms with Crippen LogP contribution in [-0.4, -0.2) is 28.2 Å². The van der Waals surface area contributed by atoms with E-state index in [9.17, 15) is 9.59 Å². The highest BCUT2D eigenvalue weighted by atomic mass is 16.5. The number of H-pyrrole nitrogens is 1. The van der Waals surface area contributed by atoms with Gasteiger partial charge < -0.3 is 10.1 Å². The Labute approximate surface area is 132 Å². The summed E-state index contributed by atoms with van der Waals surface area (Å²) in [4.78, 5) is 24.3. The van der Waals surface area contributed by atoms with Gasteiger partial charge in [0.05, 0.1) is 5.52 Å². The van der Waals surface area contributed by atoms with Crippen LogP contribution < -0.4 is 5.32 Å². The lowest BCUT2D eigenvalue weighted by atomic mass is 10.2. The molecule has 1 heterocycles. The number of amides is 1. The molecule has 0 saturated carbocycles. The predicted octanol–water partition coefficient (Wildman–Crippen LogP) is 2.75. The molecule has 6 heteroatoms. The van der Waals surface area contributed by atoms with Gasteiger partial charge >= 0.3 is 5.97 Å². The van der Waals surface area contributed by atoms with Crippen molar-refractivity contribution in [1.29, 1.82) is 0 Å². The van der Waals surface area contributed by atoms with Crippen LogP contribution in [0.4, 0.5) is 5.69 Å². The zero-order chi connectivity index (χ0) is 16.2. The predicted molar refractivity (Wildman–Crippen MR) is 86.0 cm³/mol. The molecular formula is C17H15N3O3. The van der Waals surface area contributed by atoms with Crippen LogP contribution in [-0.2, 0) is 9.53 Å². The van der Waals surface area contributed by atoms with Crippen LogP contribution in [0, 0.1) is 0 Å². The van der Waals surface area contributed by atoms with E-state index in [1.165, 1.54) is 6.92 Å². The number of carbonyl (C=O) groups is 2. The van der Waals surface area contributed by atoms with Gasteiger partial charge in [-0.05, 0) is 25.1 Å². The molecule has 0 bridgehead atoms. The Balaban J connectivity index is 1.68. The van der Waals surface area contributed by atoms with Crippen molar-refractivity contribution in [2.45, 2.75) is 13.0 Å². The van der Waals surface area contributed by atoms with Gasteiger partial charge in [0.15, 0.2) is 11.8 Å². The molecule has 0 saturated heterocycles. The largest absolute Gasteiger partial charge is 0.448 e. The number of nitrogens with zero attached hydrogens (tertiary/aromatic N) is 1. The Morgan fingerprint density at radius 2 is 1.78 bits per heavy atom. The average Bonchev–Trinajstić information content (AvgIpc) is 2.99. The lowest BCUT2D eigenvalue weighted by Gasteiger charge is -2.12. The highest BCUT2D eigenvalue weighted by Gasteiger charge is 2.22. The van der Waals surface area contributed by atoms with Crippen LogP contribution in [0.3, 0.4) is 0 Å². The second kappa shape index (κ2) is 6.31. The van der Waals surface area contributed by atoms with Gasteiger partial charge in [-0.3, -0.25) is 9.89 Å². The maximum atomic E-state index is 12.2. The molecule has 0 radical (unpaired) electrons. The number of aromatic nitrogens is 2. The number of fused-ring (bicyclic) bond motifs is 1. The number of esters is 1. The molecule has 23 heavy (non-hydrogen) atoms. The fraction of sp³-hybridized carbons (Fsp3) is 0.118. The molecule has 0 aliphatic carbocycles. The maximum absolute atomic E-state index is 12.2. The minimum absolute atomic E-state index is 0.167. The number of ether oxygens (including phenoxy) is 1. The van der Waals surface area contributed by atoms with Crippen LogP contribution in [0.5, 0.6) is 0 Å². The standard InChI is InChI=1S/C17H15N3O3/c1-11(16(21)18-12-7-3-2-4-8-12)23-17(22)15-13-9-5-6-10-14(13)19-20-15/h2-11H,1H3,(H,18,21)(H,19,20)/t11-/m0/s1. The third-order valence-electron chi connectivity index (χ3n) is 3.36. The second-order valence-corrected chi connectivity index (χ2v) is 5.02. The van der Waals surface area contributed by atoms with E-state index in [0.717, 1.165) is 5.52 Å². The van der Waals surface area contributed by atoms with E-state index in [0.29, 0.717) is 11.1 Å². The SMILES string of the molecule is C[C@H](OC(=O)c1n[nH]c2ccccc12)C(=O)Nc1ccccc1. The normalized spacial score (nSPS) is 11.9. The summed E-state index contributed by atoms with van der Waals surface area (Å²) >= 11 is 0. The smallest absolute Gasteiger partial charge is 0.360 e. The van der Waals surface area contributed by atoms with Crippen molar-refractivity contribution < 1.29 is 14.3 Å². The van der Waals surface area contributed by atoms with Crippen molar-refractivity contribution >= 4 is 28.5 Å². The number of para-hydroxylation sites is 2. The van der Waals surface area contributed by atoms with E-state index in [1.54, 1.807) is 24.3 Å².